The van der Waals surface area contributed by atoms with E-state index in [4.69, 9.17) is 0 Å². The van der Waals surface area contributed by atoms with Crippen LogP contribution in [0.5, 0.6) is 0 Å². The number of fused-ring (bicyclic) bond motifs is 1. The third-order valence-corrected chi connectivity index (χ3v) is 4.60. The Hall–Kier alpha value is -2.13. The van der Waals surface area contributed by atoms with Crippen LogP contribution in [0.25, 0.3) is 5.70 Å². The number of benzene rings is 2. The van der Waals surface area contributed by atoms with Crippen LogP contribution in [0.4, 0.5) is 5.69 Å². The van der Waals surface area contributed by atoms with Crippen LogP contribution >= 0.6 is 0 Å². The van der Waals surface area contributed by atoms with Crippen LogP contribution in [0.15, 0.2) is 60.3 Å². The molecule has 0 saturated heterocycles. The number of hydrogen-bond donors (Lipinski definition) is 0. The molecule has 0 bridgehead atoms. The largest absolute Gasteiger partial charge is 0.277 e. The normalized spacial score (nSPS) is 16.4. The molecule has 1 heterocycles. The van der Waals surface area contributed by atoms with Crippen molar-refractivity contribution in [1.29, 1.82) is 0 Å². The maximum atomic E-state index is 12.8. The highest BCUT2D eigenvalue weighted by Gasteiger charge is 2.33. The van der Waals surface area contributed by atoms with E-state index in [1.54, 1.807) is 0 Å². The molecular weight excluding hydrogens is 274 g/mol. The molecule has 0 saturated carbocycles. The van der Waals surface area contributed by atoms with Gasteiger partial charge in [-0.25, -0.2) is 0 Å². The number of nitrogens with zero attached hydrogens (tertiary/aromatic N) is 1. The van der Waals surface area contributed by atoms with Crippen molar-refractivity contribution in [2.75, 3.05) is 4.90 Å². The maximum Gasteiger partial charge on any atom is 0.263 e. The quantitative estimate of drug-likeness (QED) is 0.743. The van der Waals surface area contributed by atoms with Gasteiger partial charge in [-0.1, -0.05) is 61.7 Å². The molecule has 0 aliphatic carbocycles. The molecule has 0 spiro atoms. The van der Waals surface area contributed by atoms with Gasteiger partial charge in [0.1, 0.15) is 0 Å². The maximum absolute atomic E-state index is 12.8. The van der Waals surface area contributed by atoms with Crippen LogP contribution in [0.2, 0.25) is 19.6 Å². The summed E-state index contributed by atoms with van der Waals surface area (Å²) in [7, 11) is -1.45. The number of anilines is 1. The Morgan fingerprint density at radius 3 is 2.05 bits per heavy atom. The van der Waals surface area contributed by atoms with Gasteiger partial charge < -0.3 is 0 Å². The van der Waals surface area contributed by atoms with Crippen LogP contribution in [0.1, 0.15) is 15.9 Å². The highest BCUT2D eigenvalue weighted by molar-refractivity contribution is 6.82. The molecule has 0 radical (unpaired) electrons. The predicted molar refractivity (Wildman–Crippen MR) is 91.0 cm³/mol. The van der Waals surface area contributed by atoms with Crippen molar-refractivity contribution in [3.05, 3.63) is 71.4 Å². The molecule has 2 aromatic rings. The highest BCUT2D eigenvalue weighted by Crippen LogP contribution is 2.37. The van der Waals surface area contributed by atoms with Crippen LogP contribution in [0, 0.1) is 0 Å². The molecule has 1 aliphatic heterocycles. The SMILES string of the molecule is C[Si](C)(C)/C=C1/c2ccccc2C(=O)N1c1ccccc1. The molecule has 2 nitrogen and oxygen atoms in total. The molecule has 1 aliphatic rings. The first kappa shape index (κ1) is 13.8. The third kappa shape index (κ3) is 2.57. The minimum absolute atomic E-state index is 0.0706. The van der Waals surface area contributed by atoms with E-state index in [0.29, 0.717) is 0 Å². The van der Waals surface area contributed by atoms with Gasteiger partial charge >= 0.3 is 0 Å². The second-order valence-electron chi connectivity index (χ2n) is 6.42. The van der Waals surface area contributed by atoms with Crippen LogP contribution in [0.3, 0.4) is 0 Å². The summed E-state index contributed by atoms with van der Waals surface area (Å²) in [6, 6.07) is 17.8. The van der Waals surface area contributed by atoms with E-state index in [0.717, 1.165) is 22.5 Å². The van der Waals surface area contributed by atoms with Crippen molar-refractivity contribution >= 4 is 25.4 Å². The van der Waals surface area contributed by atoms with Gasteiger partial charge in [0, 0.05) is 22.5 Å². The molecule has 0 unspecified atom stereocenters. The minimum Gasteiger partial charge on any atom is -0.277 e. The van der Waals surface area contributed by atoms with Crippen LogP contribution in [-0.4, -0.2) is 14.0 Å². The Kier molecular flexibility index (Phi) is 3.30. The second-order valence-corrected chi connectivity index (χ2v) is 11.4. The fourth-order valence-electron chi connectivity index (χ4n) is 2.63. The first-order valence-electron chi connectivity index (χ1n) is 7.19. The molecule has 106 valence electrons. The number of amides is 1. The summed E-state index contributed by atoms with van der Waals surface area (Å²) in [4.78, 5) is 14.6. The zero-order valence-electron chi connectivity index (χ0n) is 12.6. The summed E-state index contributed by atoms with van der Waals surface area (Å²) >= 11 is 0. The summed E-state index contributed by atoms with van der Waals surface area (Å²) in [5.74, 6) is 0.0706. The summed E-state index contributed by atoms with van der Waals surface area (Å²) in [5, 5.41) is 0. The third-order valence-electron chi connectivity index (χ3n) is 3.46. The van der Waals surface area contributed by atoms with Crippen molar-refractivity contribution in [2.45, 2.75) is 19.6 Å². The average molecular weight is 293 g/mol. The molecule has 0 fully saturated rings. The van der Waals surface area contributed by atoms with Gasteiger partial charge in [-0.3, -0.25) is 9.69 Å². The average Bonchev–Trinajstić information content (AvgIpc) is 2.72. The van der Waals surface area contributed by atoms with Gasteiger partial charge in [-0.2, -0.15) is 0 Å². The number of para-hydroxylation sites is 1. The van der Waals surface area contributed by atoms with Gasteiger partial charge in [0.2, 0.25) is 0 Å². The lowest BCUT2D eigenvalue weighted by Crippen LogP contribution is -2.25. The molecular formula is C18H19NOSi. The van der Waals surface area contributed by atoms with Crippen molar-refractivity contribution in [3.8, 4) is 0 Å². The lowest BCUT2D eigenvalue weighted by Gasteiger charge is -2.21. The predicted octanol–water partition coefficient (Wildman–Crippen LogP) is 4.57. The van der Waals surface area contributed by atoms with E-state index >= 15 is 0 Å². The van der Waals surface area contributed by atoms with E-state index in [9.17, 15) is 4.79 Å². The van der Waals surface area contributed by atoms with E-state index < -0.39 is 8.07 Å². The number of carbonyl (C=O) groups excluding carboxylic acids is 1. The zero-order valence-corrected chi connectivity index (χ0v) is 13.6. The Labute approximate surface area is 126 Å². The van der Waals surface area contributed by atoms with E-state index in [2.05, 4.69) is 25.3 Å². The summed E-state index contributed by atoms with van der Waals surface area (Å²) in [5.41, 5.74) is 6.13. The van der Waals surface area contributed by atoms with E-state index in [1.165, 1.54) is 0 Å². The van der Waals surface area contributed by atoms with Crippen molar-refractivity contribution in [2.24, 2.45) is 0 Å². The van der Waals surface area contributed by atoms with Crippen molar-refractivity contribution in [1.82, 2.24) is 0 Å². The first-order valence-corrected chi connectivity index (χ1v) is 10.8. The van der Waals surface area contributed by atoms with Gasteiger partial charge in [0.25, 0.3) is 5.91 Å². The number of rotatable bonds is 2. The highest BCUT2D eigenvalue weighted by atomic mass is 28.3. The van der Waals surface area contributed by atoms with Crippen molar-refractivity contribution < 1.29 is 4.79 Å². The Morgan fingerprint density at radius 1 is 0.857 bits per heavy atom. The van der Waals surface area contributed by atoms with E-state index in [1.807, 2.05) is 59.5 Å². The topological polar surface area (TPSA) is 20.3 Å². The molecule has 21 heavy (non-hydrogen) atoms. The lowest BCUT2D eigenvalue weighted by molar-refractivity contribution is 0.101. The smallest absolute Gasteiger partial charge is 0.263 e. The first-order chi connectivity index (χ1) is 9.97. The lowest BCUT2D eigenvalue weighted by atomic mass is 10.1. The summed E-state index contributed by atoms with van der Waals surface area (Å²) in [6.45, 7) is 6.86. The second kappa shape index (κ2) is 5.01. The van der Waals surface area contributed by atoms with Gasteiger partial charge in [0.05, 0.1) is 8.07 Å². The Balaban J connectivity index is 2.20. The Morgan fingerprint density at radius 2 is 1.43 bits per heavy atom. The molecule has 1 amide bonds. The molecule has 0 N–H and O–H groups in total. The summed E-state index contributed by atoms with van der Waals surface area (Å²) in [6.07, 6.45) is 0. The molecule has 3 heteroatoms. The van der Waals surface area contributed by atoms with Crippen molar-refractivity contribution in [3.63, 3.8) is 0 Å². The van der Waals surface area contributed by atoms with Gasteiger partial charge in [-0.15, -0.1) is 0 Å². The molecule has 0 aromatic heterocycles. The van der Waals surface area contributed by atoms with Crippen LogP contribution < -0.4 is 4.90 Å². The Bertz CT molecular complexity index is 713. The fourth-order valence-corrected chi connectivity index (χ4v) is 3.73. The minimum atomic E-state index is -1.45. The van der Waals surface area contributed by atoms with E-state index in [-0.39, 0.29) is 5.91 Å². The monoisotopic (exact) mass is 293 g/mol. The zero-order chi connectivity index (χ0) is 15.0. The number of carbonyl (C=O) groups is 1. The van der Waals surface area contributed by atoms with Gasteiger partial charge in [0.15, 0.2) is 0 Å². The standard InChI is InChI=1S/C18H19NOSi/c1-21(2,3)13-17-15-11-7-8-12-16(15)18(20)19(17)14-9-5-4-6-10-14/h4-13H,1-3H3/b17-13-. The molecule has 0 atom stereocenters. The number of hydrogen-bond acceptors (Lipinski definition) is 1. The molecule has 3 rings (SSSR count). The van der Waals surface area contributed by atoms with Crippen LogP contribution in [-0.2, 0) is 0 Å². The molecule has 2 aromatic carbocycles. The fraction of sp³-hybridized carbons (Fsp3) is 0.167. The summed E-state index contributed by atoms with van der Waals surface area (Å²) < 4.78 is 0. The van der Waals surface area contributed by atoms with Gasteiger partial charge in [-0.05, 0) is 18.2 Å².